The standard InChI is InChI=1S/C9H16ClNO5S2/c10-7-5-18(13,14)6-8(7)11-9(17)16-4-3-15-2-1-12/h7-8,12H,1-6H2,(H,11,17)/t7-,8+/m0/s1. The van der Waals surface area contributed by atoms with Gasteiger partial charge >= 0.3 is 0 Å². The van der Waals surface area contributed by atoms with Crippen LogP contribution in [-0.2, 0) is 19.3 Å². The van der Waals surface area contributed by atoms with E-state index < -0.39 is 21.3 Å². The molecule has 0 aromatic heterocycles. The van der Waals surface area contributed by atoms with Gasteiger partial charge in [-0.1, -0.05) is 0 Å². The van der Waals surface area contributed by atoms with Gasteiger partial charge in [-0.15, -0.1) is 11.6 Å². The molecule has 18 heavy (non-hydrogen) atoms. The number of halogens is 1. The maximum Gasteiger partial charge on any atom is 0.257 e. The zero-order chi connectivity index (χ0) is 13.6. The number of ether oxygens (including phenoxy) is 2. The summed E-state index contributed by atoms with van der Waals surface area (Å²) in [5, 5.41) is 10.8. The van der Waals surface area contributed by atoms with E-state index in [2.05, 4.69) is 5.32 Å². The van der Waals surface area contributed by atoms with Crippen molar-refractivity contribution in [2.45, 2.75) is 11.4 Å². The minimum absolute atomic E-state index is 0.0360. The number of alkyl halides is 1. The maximum atomic E-state index is 11.3. The van der Waals surface area contributed by atoms with E-state index >= 15 is 0 Å². The number of nitrogens with one attached hydrogen (secondary N) is 1. The van der Waals surface area contributed by atoms with Gasteiger partial charge in [0.1, 0.15) is 6.61 Å². The molecule has 1 rings (SSSR count). The van der Waals surface area contributed by atoms with E-state index in [4.69, 9.17) is 38.4 Å². The highest BCUT2D eigenvalue weighted by atomic mass is 35.5. The quantitative estimate of drug-likeness (QED) is 0.380. The van der Waals surface area contributed by atoms with Crippen LogP contribution in [-0.4, -0.2) is 68.1 Å². The summed E-state index contributed by atoms with van der Waals surface area (Å²) in [5.41, 5.74) is 0. The molecule has 0 aliphatic carbocycles. The van der Waals surface area contributed by atoms with Crippen molar-refractivity contribution in [3.63, 3.8) is 0 Å². The lowest BCUT2D eigenvalue weighted by Gasteiger charge is -2.16. The predicted molar refractivity (Wildman–Crippen MR) is 71.7 cm³/mol. The van der Waals surface area contributed by atoms with Gasteiger partial charge in [0.15, 0.2) is 9.84 Å². The maximum absolute atomic E-state index is 11.3. The molecule has 1 aliphatic rings. The average Bonchev–Trinajstić information content (AvgIpc) is 2.51. The molecule has 0 saturated carbocycles. The summed E-state index contributed by atoms with van der Waals surface area (Å²) in [5.74, 6) is -0.0832. The minimum atomic E-state index is -3.08. The van der Waals surface area contributed by atoms with Crippen LogP contribution in [0.2, 0.25) is 0 Å². The Kier molecular flexibility index (Phi) is 6.58. The van der Waals surface area contributed by atoms with Crippen LogP contribution in [0.1, 0.15) is 0 Å². The summed E-state index contributed by atoms with van der Waals surface area (Å²) < 4.78 is 32.7. The Labute approximate surface area is 117 Å². The van der Waals surface area contributed by atoms with E-state index in [0.717, 1.165) is 0 Å². The smallest absolute Gasteiger partial charge is 0.257 e. The molecule has 2 N–H and O–H groups in total. The highest BCUT2D eigenvalue weighted by Gasteiger charge is 2.36. The first-order valence-corrected chi connectivity index (χ1v) is 8.07. The molecular weight excluding hydrogens is 302 g/mol. The lowest BCUT2D eigenvalue weighted by molar-refractivity contribution is 0.0675. The third-order valence-corrected chi connectivity index (χ3v) is 4.89. The summed E-state index contributed by atoms with van der Waals surface area (Å²) in [7, 11) is -3.08. The number of rotatable bonds is 6. The Morgan fingerprint density at radius 1 is 1.39 bits per heavy atom. The van der Waals surface area contributed by atoms with Crippen LogP contribution in [0.4, 0.5) is 0 Å². The van der Waals surface area contributed by atoms with Crippen LogP contribution >= 0.6 is 23.8 Å². The number of aliphatic hydroxyl groups excluding tert-OH is 1. The van der Waals surface area contributed by atoms with Crippen LogP contribution in [0.5, 0.6) is 0 Å². The van der Waals surface area contributed by atoms with Gasteiger partial charge in [0.25, 0.3) is 5.17 Å². The topological polar surface area (TPSA) is 84.9 Å². The fraction of sp³-hybridized carbons (Fsp3) is 0.889. The zero-order valence-electron chi connectivity index (χ0n) is 9.67. The molecule has 1 fully saturated rings. The number of hydrogen-bond donors (Lipinski definition) is 2. The molecule has 1 heterocycles. The summed E-state index contributed by atoms with van der Waals surface area (Å²) in [6.45, 7) is 0.735. The van der Waals surface area contributed by atoms with Crippen molar-refractivity contribution in [3.05, 3.63) is 0 Å². The third-order valence-electron chi connectivity index (χ3n) is 2.28. The summed E-state index contributed by atoms with van der Waals surface area (Å²) >= 11 is 10.8. The molecule has 0 spiro atoms. The van der Waals surface area contributed by atoms with Crippen molar-refractivity contribution in [1.29, 1.82) is 0 Å². The van der Waals surface area contributed by atoms with E-state index in [1.807, 2.05) is 0 Å². The Bertz CT molecular complexity index is 375. The number of hydrogen-bond acceptors (Lipinski definition) is 6. The average molecular weight is 318 g/mol. The Morgan fingerprint density at radius 2 is 2.11 bits per heavy atom. The highest BCUT2D eigenvalue weighted by Crippen LogP contribution is 2.17. The van der Waals surface area contributed by atoms with E-state index in [9.17, 15) is 8.42 Å². The van der Waals surface area contributed by atoms with Crippen molar-refractivity contribution in [1.82, 2.24) is 5.32 Å². The van der Waals surface area contributed by atoms with Gasteiger partial charge < -0.3 is 19.9 Å². The van der Waals surface area contributed by atoms with Crippen molar-refractivity contribution in [2.75, 3.05) is 37.9 Å². The molecule has 6 nitrogen and oxygen atoms in total. The molecule has 0 radical (unpaired) electrons. The van der Waals surface area contributed by atoms with Crippen molar-refractivity contribution >= 4 is 38.8 Å². The third kappa shape index (κ3) is 5.66. The first-order chi connectivity index (χ1) is 8.44. The van der Waals surface area contributed by atoms with E-state index in [0.29, 0.717) is 6.61 Å². The Balaban J connectivity index is 2.20. The van der Waals surface area contributed by atoms with Crippen LogP contribution < -0.4 is 5.32 Å². The molecule has 106 valence electrons. The van der Waals surface area contributed by atoms with Crippen LogP contribution in [0.3, 0.4) is 0 Å². The normalized spacial score (nSPS) is 25.9. The fourth-order valence-electron chi connectivity index (χ4n) is 1.49. The van der Waals surface area contributed by atoms with Crippen molar-refractivity contribution in [3.8, 4) is 0 Å². The van der Waals surface area contributed by atoms with E-state index in [-0.39, 0.29) is 36.5 Å². The molecule has 2 atom stereocenters. The first-order valence-electron chi connectivity index (χ1n) is 5.41. The van der Waals surface area contributed by atoms with Gasteiger partial charge in [-0.2, -0.15) is 0 Å². The summed E-state index contributed by atoms with van der Waals surface area (Å²) in [6.07, 6.45) is 0. The van der Waals surface area contributed by atoms with Gasteiger partial charge in [0.05, 0.1) is 42.7 Å². The molecular formula is C9H16ClNO5S2. The number of aliphatic hydroxyl groups is 1. The van der Waals surface area contributed by atoms with Crippen molar-refractivity contribution < 1.29 is 23.0 Å². The second-order valence-corrected chi connectivity index (χ2v) is 6.90. The molecule has 0 aromatic carbocycles. The SMILES string of the molecule is O=S1(=O)C[C@H](Cl)[C@H](NC(=S)OCCOCCO)C1. The molecule has 1 aliphatic heterocycles. The number of sulfone groups is 1. The van der Waals surface area contributed by atoms with Crippen LogP contribution in [0.25, 0.3) is 0 Å². The second kappa shape index (κ2) is 7.44. The second-order valence-electron chi connectivity index (χ2n) is 3.82. The summed E-state index contributed by atoms with van der Waals surface area (Å²) in [6, 6.07) is -0.414. The summed E-state index contributed by atoms with van der Waals surface area (Å²) in [4.78, 5) is 0. The van der Waals surface area contributed by atoms with Gasteiger partial charge in [0, 0.05) is 0 Å². The van der Waals surface area contributed by atoms with Gasteiger partial charge in [-0.05, 0) is 12.2 Å². The van der Waals surface area contributed by atoms with E-state index in [1.165, 1.54) is 0 Å². The monoisotopic (exact) mass is 317 g/mol. The fourth-order valence-corrected chi connectivity index (χ4v) is 4.27. The predicted octanol–water partition coefficient (Wildman–Crippen LogP) is -0.709. The number of thiocarbonyl (C=S) groups is 1. The molecule has 0 unspecified atom stereocenters. The molecule has 1 saturated heterocycles. The zero-order valence-corrected chi connectivity index (χ0v) is 12.1. The lowest BCUT2D eigenvalue weighted by atomic mass is 10.3. The molecule has 0 amide bonds. The van der Waals surface area contributed by atoms with Gasteiger partial charge in [0.2, 0.25) is 0 Å². The molecule has 9 heteroatoms. The largest absolute Gasteiger partial charge is 0.469 e. The van der Waals surface area contributed by atoms with E-state index in [1.54, 1.807) is 0 Å². The van der Waals surface area contributed by atoms with Gasteiger partial charge in [-0.25, -0.2) is 8.42 Å². The van der Waals surface area contributed by atoms with Crippen LogP contribution in [0.15, 0.2) is 0 Å². The first kappa shape index (κ1) is 15.9. The van der Waals surface area contributed by atoms with Crippen LogP contribution in [0, 0.1) is 0 Å². The molecule has 0 aromatic rings. The lowest BCUT2D eigenvalue weighted by Crippen LogP contribution is -2.41. The Hall–Kier alpha value is -0.150. The van der Waals surface area contributed by atoms with Crippen molar-refractivity contribution in [2.24, 2.45) is 0 Å². The van der Waals surface area contributed by atoms with Gasteiger partial charge in [-0.3, -0.25) is 0 Å². The highest BCUT2D eigenvalue weighted by molar-refractivity contribution is 7.91. The molecule has 0 bridgehead atoms. The Morgan fingerprint density at radius 3 is 2.67 bits per heavy atom. The minimum Gasteiger partial charge on any atom is -0.469 e.